The monoisotopic (exact) mass is 294 g/mol. The second kappa shape index (κ2) is 6.91. The second-order valence-corrected chi connectivity index (χ2v) is 5.42. The third kappa shape index (κ3) is 3.62. The van der Waals surface area contributed by atoms with Gasteiger partial charge in [0, 0.05) is 35.6 Å². The second-order valence-electron chi connectivity index (χ2n) is 4.98. The van der Waals surface area contributed by atoms with Crippen molar-refractivity contribution in [3.63, 3.8) is 0 Å². The van der Waals surface area contributed by atoms with Crippen LogP contribution in [0.3, 0.4) is 0 Å². The molecule has 2 aromatic rings. The number of nitrogens with one attached hydrogen (secondary N) is 1. The van der Waals surface area contributed by atoms with Crippen molar-refractivity contribution in [2.45, 2.75) is 32.4 Å². The number of hydrogen-bond donors (Lipinski definition) is 1. The third-order valence-electron chi connectivity index (χ3n) is 3.46. The lowest BCUT2D eigenvalue weighted by atomic mass is 10.1. The molecule has 2 nitrogen and oxygen atoms in total. The van der Waals surface area contributed by atoms with Gasteiger partial charge in [-0.15, -0.1) is 0 Å². The van der Waals surface area contributed by atoms with E-state index in [0.29, 0.717) is 23.2 Å². The molecule has 0 amide bonds. The van der Waals surface area contributed by atoms with Crippen molar-refractivity contribution in [1.29, 1.82) is 0 Å². The van der Waals surface area contributed by atoms with Gasteiger partial charge in [0.25, 0.3) is 0 Å². The van der Waals surface area contributed by atoms with Crippen LogP contribution in [-0.4, -0.2) is 11.6 Å². The van der Waals surface area contributed by atoms with Crippen molar-refractivity contribution >= 4 is 11.6 Å². The molecule has 1 atom stereocenters. The highest BCUT2D eigenvalue weighted by Crippen LogP contribution is 2.20. The smallest absolute Gasteiger partial charge is 0.128 e. The molecule has 0 bridgehead atoms. The molecule has 0 spiro atoms. The molecule has 2 rings (SSSR count). The maximum Gasteiger partial charge on any atom is 0.128 e. The number of rotatable bonds is 6. The Kier molecular flexibility index (Phi) is 5.21. The number of nitrogens with zero attached hydrogens (tertiary/aromatic N) is 1. The molecular weight excluding hydrogens is 275 g/mol. The molecule has 0 aliphatic rings. The highest BCUT2D eigenvalue weighted by atomic mass is 35.5. The van der Waals surface area contributed by atoms with Crippen molar-refractivity contribution in [2.24, 2.45) is 0 Å². The Morgan fingerprint density at radius 1 is 1.35 bits per heavy atom. The number of aromatic nitrogens is 1. The molecule has 20 heavy (non-hydrogen) atoms. The molecule has 1 N–H and O–H groups in total. The average Bonchev–Trinajstić information content (AvgIpc) is 2.88. The minimum Gasteiger partial charge on any atom is -0.349 e. The highest BCUT2D eigenvalue weighted by Gasteiger charge is 2.10. The third-order valence-corrected chi connectivity index (χ3v) is 3.70. The molecule has 0 saturated heterocycles. The quantitative estimate of drug-likeness (QED) is 0.836. The van der Waals surface area contributed by atoms with Gasteiger partial charge in [-0.1, -0.05) is 24.9 Å². The van der Waals surface area contributed by atoms with Crippen molar-refractivity contribution in [1.82, 2.24) is 9.88 Å². The summed E-state index contributed by atoms with van der Waals surface area (Å²) in [5.41, 5.74) is 1.84. The molecule has 0 fully saturated rings. The van der Waals surface area contributed by atoms with Crippen molar-refractivity contribution < 1.29 is 4.39 Å². The summed E-state index contributed by atoms with van der Waals surface area (Å²) in [6.07, 6.45) is 6.26. The lowest BCUT2D eigenvalue weighted by Crippen LogP contribution is -2.15. The van der Waals surface area contributed by atoms with E-state index in [1.807, 2.05) is 17.8 Å². The summed E-state index contributed by atoms with van der Waals surface area (Å²) in [7, 11) is 1.97. The minimum atomic E-state index is -0.219. The van der Waals surface area contributed by atoms with E-state index in [1.165, 1.54) is 11.6 Å². The topological polar surface area (TPSA) is 17.0 Å². The summed E-state index contributed by atoms with van der Waals surface area (Å²) in [5.74, 6) is -0.219. The molecule has 0 radical (unpaired) electrons. The number of benzene rings is 1. The lowest BCUT2D eigenvalue weighted by molar-refractivity contribution is 0.540. The van der Waals surface area contributed by atoms with Crippen LogP contribution in [0.15, 0.2) is 36.7 Å². The first-order valence-electron chi connectivity index (χ1n) is 6.91. The minimum absolute atomic E-state index is 0.219. The Hall–Kier alpha value is -1.32. The van der Waals surface area contributed by atoms with Gasteiger partial charge < -0.3 is 9.88 Å². The zero-order valence-corrected chi connectivity index (χ0v) is 12.6. The maximum atomic E-state index is 13.7. The van der Waals surface area contributed by atoms with E-state index < -0.39 is 0 Å². The molecule has 1 unspecified atom stereocenters. The zero-order chi connectivity index (χ0) is 14.5. The van der Waals surface area contributed by atoms with Gasteiger partial charge in [-0.2, -0.15) is 0 Å². The van der Waals surface area contributed by atoms with Crippen LogP contribution in [0.5, 0.6) is 0 Å². The lowest BCUT2D eigenvalue weighted by Gasteiger charge is -2.13. The van der Waals surface area contributed by atoms with Gasteiger partial charge >= 0.3 is 0 Å². The normalized spacial score (nSPS) is 12.6. The summed E-state index contributed by atoms with van der Waals surface area (Å²) >= 11 is 5.92. The fraction of sp³-hybridized carbons (Fsp3) is 0.375. The van der Waals surface area contributed by atoms with Crippen LogP contribution in [0.4, 0.5) is 4.39 Å². The van der Waals surface area contributed by atoms with Crippen molar-refractivity contribution in [3.8, 4) is 0 Å². The van der Waals surface area contributed by atoms with Gasteiger partial charge in [0.1, 0.15) is 5.82 Å². The Bertz CT molecular complexity index is 565. The van der Waals surface area contributed by atoms with E-state index in [9.17, 15) is 4.39 Å². The van der Waals surface area contributed by atoms with Crippen molar-refractivity contribution in [3.05, 3.63) is 58.6 Å². The van der Waals surface area contributed by atoms with Crippen LogP contribution >= 0.6 is 11.6 Å². The van der Waals surface area contributed by atoms with E-state index >= 15 is 0 Å². The predicted molar refractivity (Wildman–Crippen MR) is 81.7 cm³/mol. The summed E-state index contributed by atoms with van der Waals surface area (Å²) in [4.78, 5) is 0. The van der Waals surface area contributed by atoms with E-state index in [-0.39, 0.29) is 5.82 Å². The van der Waals surface area contributed by atoms with Gasteiger partial charge in [-0.3, -0.25) is 0 Å². The molecule has 1 heterocycles. The standard InChI is InChI=1S/C16H20ClFN2/c1-3-4-16(19-2)12-7-8-20(10-12)11-13-9-14(17)5-6-15(13)18/h5-10,16,19H,3-4,11H2,1-2H3. The molecule has 0 aliphatic carbocycles. The SMILES string of the molecule is CCCC(NC)c1ccn(Cc2cc(Cl)ccc2F)c1. The first-order chi connectivity index (χ1) is 9.63. The van der Waals surface area contributed by atoms with Crippen LogP contribution in [0.2, 0.25) is 5.02 Å². The molecular formula is C16H20ClFN2. The molecule has 0 saturated carbocycles. The molecule has 4 heteroatoms. The number of hydrogen-bond acceptors (Lipinski definition) is 1. The maximum absolute atomic E-state index is 13.7. The molecule has 1 aromatic heterocycles. The summed E-state index contributed by atoms with van der Waals surface area (Å²) in [6, 6.07) is 7.10. The highest BCUT2D eigenvalue weighted by molar-refractivity contribution is 6.30. The first-order valence-corrected chi connectivity index (χ1v) is 7.28. The van der Waals surface area contributed by atoms with Crippen LogP contribution in [0, 0.1) is 5.82 Å². The van der Waals surface area contributed by atoms with Crippen molar-refractivity contribution in [2.75, 3.05) is 7.05 Å². The molecule has 0 aliphatic heterocycles. The summed E-state index contributed by atoms with van der Waals surface area (Å²) in [6.45, 7) is 2.66. The van der Waals surface area contributed by atoms with Gasteiger partial charge in [-0.25, -0.2) is 4.39 Å². The Labute approximate surface area is 124 Å². The molecule has 108 valence electrons. The van der Waals surface area contributed by atoms with Crippen LogP contribution in [0.25, 0.3) is 0 Å². The average molecular weight is 295 g/mol. The van der Waals surface area contributed by atoms with Crippen LogP contribution < -0.4 is 5.32 Å². The van der Waals surface area contributed by atoms with E-state index in [2.05, 4.69) is 24.5 Å². The van der Waals surface area contributed by atoms with Crippen LogP contribution in [0.1, 0.15) is 36.9 Å². The number of halogens is 2. The molecule has 1 aromatic carbocycles. The van der Waals surface area contributed by atoms with Gasteiger partial charge in [0.05, 0.1) is 0 Å². The first kappa shape index (κ1) is 15.1. The Morgan fingerprint density at radius 2 is 2.15 bits per heavy atom. The van der Waals surface area contributed by atoms with Gasteiger partial charge in [0.2, 0.25) is 0 Å². The fourth-order valence-corrected chi connectivity index (χ4v) is 2.59. The van der Waals surface area contributed by atoms with E-state index in [1.54, 1.807) is 12.1 Å². The van der Waals surface area contributed by atoms with Crippen LogP contribution in [-0.2, 0) is 6.54 Å². The fourth-order valence-electron chi connectivity index (χ4n) is 2.39. The zero-order valence-electron chi connectivity index (χ0n) is 11.9. The van der Waals surface area contributed by atoms with E-state index in [0.717, 1.165) is 12.8 Å². The van der Waals surface area contributed by atoms with E-state index in [4.69, 9.17) is 11.6 Å². The summed E-state index contributed by atoms with van der Waals surface area (Å²) in [5, 5.41) is 3.87. The largest absolute Gasteiger partial charge is 0.349 e. The predicted octanol–water partition coefficient (Wildman–Crippen LogP) is 4.39. The van der Waals surface area contributed by atoms with Gasteiger partial charge in [0.15, 0.2) is 0 Å². The van der Waals surface area contributed by atoms with Gasteiger partial charge in [-0.05, 0) is 43.3 Å². The Balaban J connectivity index is 2.14. The Morgan fingerprint density at radius 3 is 2.85 bits per heavy atom. The summed E-state index contributed by atoms with van der Waals surface area (Å²) < 4.78 is 15.7.